The molecule has 1 aliphatic rings. The van der Waals surface area contributed by atoms with Gasteiger partial charge in [-0.15, -0.1) is 12.4 Å². The van der Waals surface area contributed by atoms with E-state index in [0.29, 0.717) is 11.8 Å². The molecule has 136 valence electrons. The monoisotopic (exact) mass is 354 g/mol. The maximum absolute atomic E-state index is 12.3. The molecule has 0 aliphatic carbocycles. The lowest BCUT2D eigenvalue weighted by molar-refractivity contribution is -0.134. The predicted octanol–water partition coefficient (Wildman–Crippen LogP) is 3.46. The Morgan fingerprint density at radius 3 is 2.42 bits per heavy atom. The van der Waals surface area contributed by atoms with Crippen LogP contribution in [0.5, 0.6) is 5.75 Å². The van der Waals surface area contributed by atoms with E-state index in [1.54, 1.807) is 0 Å². The first-order chi connectivity index (χ1) is 11.1. The molecule has 0 unspecified atom stereocenters. The highest BCUT2D eigenvalue weighted by atomic mass is 35.5. The van der Waals surface area contributed by atoms with E-state index in [9.17, 15) is 4.79 Å². The number of carbonyl (C=O) groups is 1. The van der Waals surface area contributed by atoms with E-state index in [2.05, 4.69) is 38.2 Å². The Morgan fingerprint density at radius 2 is 1.88 bits per heavy atom. The number of nitrogens with one attached hydrogen (secondary N) is 1. The Balaban J connectivity index is 0.00000288. The summed E-state index contributed by atoms with van der Waals surface area (Å²) in [6.07, 6.45) is 2.17. The molecule has 1 aromatic rings. The Labute approximate surface area is 152 Å². The van der Waals surface area contributed by atoms with Gasteiger partial charge in [-0.25, -0.2) is 0 Å². The van der Waals surface area contributed by atoms with Crippen LogP contribution >= 0.6 is 12.4 Å². The number of rotatable bonds is 7. The van der Waals surface area contributed by atoms with Gasteiger partial charge in [-0.05, 0) is 55.5 Å². The summed E-state index contributed by atoms with van der Waals surface area (Å²) in [5.74, 6) is 2.07. The minimum atomic E-state index is 0. The molecular weight excluding hydrogens is 324 g/mol. The van der Waals surface area contributed by atoms with Crippen molar-refractivity contribution < 1.29 is 9.53 Å². The topological polar surface area (TPSA) is 41.6 Å². The zero-order valence-corrected chi connectivity index (χ0v) is 15.9. The van der Waals surface area contributed by atoms with Gasteiger partial charge in [-0.3, -0.25) is 4.79 Å². The SMILES string of the molecule is CCNCC1CCN(C(=O)COc2ccc(C(C)C)cc2)CC1.Cl. The second-order valence-corrected chi connectivity index (χ2v) is 6.64. The molecule has 1 N–H and O–H groups in total. The molecule has 0 saturated carbocycles. The maximum Gasteiger partial charge on any atom is 0.260 e. The van der Waals surface area contributed by atoms with Crippen LogP contribution < -0.4 is 10.1 Å². The van der Waals surface area contributed by atoms with E-state index in [0.717, 1.165) is 44.8 Å². The van der Waals surface area contributed by atoms with E-state index < -0.39 is 0 Å². The molecule has 1 amide bonds. The Morgan fingerprint density at radius 1 is 1.25 bits per heavy atom. The summed E-state index contributed by atoms with van der Waals surface area (Å²) >= 11 is 0. The maximum atomic E-state index is 12.3. The van der Waals surface area contributed by atoms with Crippen LogP contribution in [0.1, 0.15) is 45.1 Å². The van der Waals surface area contributed by atoms with Crippen molar-refractivity contribution in [1.82, 2.24) is 10.2 Å². The summed E-state index contributed by atoms with van der Waals surface area (Å²) in [5.41, 5.74) is 1.28. The zero-order valence-electron chi connectivity index (χ0n) is 15.1. The van der Waals surface area contributed by atoms with Crippen molar-refractivity contribution in [2.24, 2.45) is 5.92 Å². The molecule has 0 aromatic heterocycles. The lowest BCUT2D eigenvalue weighted by Gasteiger charge is -2.32. The zero-order chi connectivity index (χ0) is 16.7. The minimum Gasteiger partial charge on any atom is -0.484 e. The van der Waals surface area contributed by atoms with Gasteiger partial charge in [-0.1, -0.05) is 32.9 Å². The van der Waals surface area contributed by atoms with Crippen molar-refractivity contribution >= 4 is 18.3 Å². The third kappa shape index (κ3) is 6.33. The summed E-state index contributed by atoms with van der Waals surface area (Å²) < 4.78 is 5.64. The van der Waals surface area contributed by atoms with Crippen molar-refractivity contribution in [2.45, 2.75) is 39.5 Å². The second-order valence-electron chi connectivity index (χ2n) is 6.64. The largest absolute Gasteiger partial charge is 0.484 e. The number of likely N-dealkylation sites (tertiary alicyclic amines) is 1. The normalized spacial score (nSPS) is 15.2. The molecule has 4 nitrogen and oxygen atoms in total. The average molecular weight is 355 g/mol. The smallest absolute Gasteiger partial charge is 0.260 e. The molecule has 0 bridgehead atoms. The number of halogens is 1. The lowest BCUT2D eigenvalue weighted by Crippen LogP contribution is -2.42. The molecule has 0 atom stereocenters. The molecule has 2 rings (SSSR count). The van der Waals surface area contributed by atoms with Crippen LogP contribution in [0.4, 0.5) is 0 Å². The molecule has 24 heavy (non-hydrogen) atoms. The summed E-state index contributed by atoms with van der Waals surface area (Å²) in [6.45, 7) is 10.4. The number of carbonyl (C=O) groups excluding carboxylic acids is 1. The minimum absolute atomic E-state index is 0. The van der Waals surface area contributed by atoms with Crippen LogP contribution in [0.15, 0.2) is 24.3 Å². The molecular formula is C19H31ClN2O2. The Bertz CT molecular complexity index is 483. The molecule has 0 spiro atoms. The first kappa shape index (κ1) is 20.8. The van der Waals surface area contributed by atoms with Gasteiger partial charge in [0.15, 0.2) is 6.61 Å². The fourth-order valence-corrected chi connectivity index (χ4v) is 2.92. The van der Waals surface area contributed by atoms with Crippen LogP contribution in [-0.2, 0) is 4.79 Å². The lowest BCUT2D eigenvalue weighted by atomic mass is 9.97. The summed E-state index contributed by atoms with van der Waals surface area (Å²) in [7, 11) is 0. The second kappa shape index (κ2) is 10.6. The molecule has 1 saturated heterocycles. The Kier molecular flexibility index (Phi) is 9.16. The summed E-state index contributed by atoms with van der Waals surface area (Å²) in [4.78, 5) is 14.2. The van der Waals surface area contributed by atoms with Crippen molar-refractivity contribution in [3.63, 3.8) is 0 Å². The van der Waals surface area contributed by atoms with Crippen molar-refractivity contribution in [3.8, 4) is 5.75 Å². The number of ether oxygens (including phenoxy) is 1. The summed E-state index contributed by atoms with van der Waals surface area (Å²) in [5, 5.41) is 3.39. The number of amides is 1. The number of nitrogens with zero attached hydrogens (tertiary/aromatic N) is 1. The van der Waals surface area contributed by atoms with Crippen LogP contribution in [0.2, 0.25) is 0 Å². The number of piperidine rings is 1. The first-order valence-corrected chi connectivity index (χ1v) is 8.81. The van der Waals surface area contributed by atoms with Crippen LogP contribution in [0.3, 0.4) is 0 Å². The van der Waals surface area contributed by atoms with Gasteiger partial charge in [-0.2, -0.15) is 0 Å². The summed E-state index contributed by atoms with van der Waals surface area (Å²) in [6, 6.07) is 8.03. The third-order valence-corrected chi connectivity index (χ3v) is 4.56. The van der Waals surface area contributed by atoms with Crippen LogP contribution in [0.25, 0.3) is 0 Å². The van der Waals surface area contributed by atoms with E-state index in [1.807, 2.05) is 17.0 Å². The van der Waals surface area contributed by atoms with E-state index >= 15 is 0 Å². The van der Waals surface area contributed by atoms with Gasteiger partial charge in [0.2, 0.25) is 0 Å². The number of hydrogen-bond donors (Lipinski definition) is 1. The fourth-order valence-electron chi connectivity index (χ4n) is 2.92. The Hall–Kier alpha value is -1.26. The van der Waals surface area contributed by atoms with Crippen LogP contribution in [0, 0.1) is 5.92 Å². The van der Waals surface area contributed by atoms with Crippen molar-refractivity contribution in [1.29, 1.82) is 0 Å². The van der Waals surface area contributed by atoms with E-state index in [-0.39, 0.29) is 24.9 Å². The number of benzene rings is 1. The number of hydrogen-bond acceptors (Lipinski definition) is 3. The van der Waals surface area contributed by atoms with Gasteiger partial charge in [0.05, 0.1) is 0 Å². The van der Waals surface area contributed by atoms with Gasteiger partial charge in [0.1, 0.15) is 5.75 Å². The van der Waals surface area contributed by atoms with Gasteiger partial charge in [0.25, 0.3) is 5.91 Å². The fraction of sp³-hybridized carbons (Fsp3) is 0.632. The standard InChI is InChI=1S/C19H30N2O2.ClH/c1-4-20-13-16-9-11-21(12-10-16)19(22)14-23-18-7-5-17(6-8-18)15(2)3;/h5-8,15-16,20H,4,9-14H2,1-3H3;1H. The molecule has 5 heteroatoms. The van der Waals surface area contributed by atoms with Gasteiger partial charge < -0.3 is 15.0 Å². The first-order valence-electron chi connectivity index (χ1n) is 8.81. The molecule has 1 heterocycles. The van der Waals surface area contributed by atoms with E-state index in [1.165, 1.54) is 5.56 Å². The van der Waals surface area contributed by atoms with Crippen molar-refractivity contribution in [2.75, 3.05) is 32.8 Å². The quantitative estimate of drug-likeness (QED) is 0.815. The molecule has 0 radical (unpaired) electrons. The highest BCUT2D eigenvalue weighted by molar-refractivity contribution is 5.85. The highest BCUT2D eigenvalue weighted by Crippen LogP contribution is 2.19. The molecule has 1 fully saturated rings. The highest BCUT2D eigenvalue weighted by Gasteiger charge is 2.22. The predicted molar refractivity (Wildman–Crippen MR) is 101 cm³/mol. The van der Waals surface area contributed by atoms with Crippen LogP contribution in [-0.4, -0.2) is 43.6 Å². The van der Waals surface area contributed by atoms with E-state index in [4.69, 9.17) is 4.74 Å². The van der Waals surface area contributed by atoms with Gasteiger partial charge in [0, 0.05) is 13.1 Å². The average Bonchev–Trinajstić information content (AvgIpc) is 2.58. The van der Waals surface area contributed by atoms with Gasteiger partial charge >= 0.3 is 0 Å². The molecule has 1 aliphatic heterocycles. The molecule has 1 aromatic carbocycles. The van der Waals surface area contributed by atoms with Crippen molar-refractivity contribution in [3.05, 3.63) is 29.8 Å². The third-order valence-electron chi connectivity index (χ3n) is 4.56.